The fraction of sp³-hybridized carbons (Fsp3) is 0.160. The highest BCUT2D eigenvalue weighted by Crippen LogP contribution is 2.29. The van der Waals surface area contributed by atoms with Crippen LogP contribution in [0.4, 0.5) is 5.69 Å². The van der Waals surface area contributed by atoms with Gasteiger partial charge in [-0.3, -0.25) is 9.52 Å². The van der Waals surface area contributed by atoms with Gasteiger partial charge in [0.25, 0.3) is 10.0 Å². The largest absolute Gasteiger partial charge is 0.346 e. The molecule has 1 atom stereocenters. The van der Waals surface area contributed by atoms with Crippen molar-refractivity contribution < 1.29 is 13.2 Å². The monoisotopic (exact) mass is 466 g/mol. The number of hydrogen-bond donors (Lipinski definition) is 2. The number of aryl methyl sites for hydroxylation is 1. The number of nitrogens with one attached hydrogen (secondary N) is 2. The molecule has 7 heteroatoms. The molecule has 1 aliphatic carbocycles. The summed E-state index contributed by atoms with van der Waals surface area (Å²) in [5.74, 6) is -0.177. The van der Waals surface area contributed by atoms with Crippen molar-refractivity contribution in [1.29, 1.82) is 0 Å². The van der Waals surface area contributed by atoms with E-state index in [4.69, 9.17) is 11.6 Å². The van der Waals surface area contributed by atoms with Crippen molar-refractivity contribution in [1.82, 2.24) is 5.32 Å². The van der Waals surface area contributed by atoms with Gasteiger partial charge in [0.15, 0.2) is 0 Å². The Morgan fingerprint density at radius 3 is 2.47 bits per heavy atom. The third-order valence-electron chi connectivity index (χ3n) is 5.42. The number of sulfonamides is 1. The molecule has 1 amide bonds. The van der Waals surface area contributed by atoms with Crippen LogP contribution in [0.5, 0.6) is 0 Å². The van der Waals surface area contributed by atoms with Crippen molar-refractivity contribution in [3.05, 3.63) is 101 Å². The molecule has 2 N–H and O–H groups in total. The van der Waals surface area contributed by atoms with Gasteiger partial charge in [-0.1, -0.05) is 60.1 Å². The van der Waals surface area contributed by atoms with Gasteiger partial charge >= 0.3 is 0 Å². The number of carbonyl (C=O) groups excluding carboxylic acids is 1. The number of fused-ring (bicyclic) bond motifs is 1. The molecule has 0 spiro atoms. The third kappa shape index (κ3) is 5.21. The van der Waals surface area contributed by atoms with E-state index in [2.05, 4.69) is 22.2 Å². The maximum absolute atomic E-state index is 12.6. The molecule has 0 unspecified atom stereocenters. The number of amides is 1. The van der Waals surface area contributed by atoms with Gasteiger partial charge in [0.05, 0.1) is 21.6 Å². The molecule has 3 aromatic rings. The molecule has 164 valence electrons. The van der Waals surface area contributed by atoms with E-state index in [0.29, 0.717) is 10.7 Å². The number of anilines is 1. The van der Waals surface area contributed by atoms with Crippen molar-refractivity contribution in [2.45, 2.75) is 30.2 Å². The van der Waals surface area contributed by atoms with Crippen LogP contribution < -0.4 is 10.0 Å². The number of hydrogen-bond acceptors (Lipinski definition) is 3. The molecule has 0 radical (unpaired) electrons. The molecule has 3 aromatic carbocycles. The van der Waals surface area contributed by atoms with Crippen molar-refractivity contribution in [3.8, 4) is 0 Å². The van der Waals surface area contributed by atoms with Crippen LogP contribution >= 0.6 is 11.6 Å². The van der Waals surface area contributed by atoms with E-state index in [-0.39, 0.29) is 16.8 Å². The molecule has 5 nitrogen and oxygen atoms in total. The predicted octanol–water partition coefficient (Wildman–Crippen LogP) is 5.35. The Hall–Kier alpha value is -3.09. The molecule has 0 fully saturated rings. The SMILES string of the molecule is O=C(/C=C/c1ccc(S(=O)(=O)Nc2ccccc2Cl)cc1)N[C@@H]1CCCc2ccccc21. The Morgan fingerprint density at radius 1 is 0.969 bits per heavy atom. The molecule has 1 aliphatic rings. The topological polar surface area (TPSA) is 75.3 Å². The van der Waals surface area contributed by atoms with Gasteiger partial charge in [-0.25, -0.2) is 8.42 Å². The van der Waals surface area contributed by atoms with E-state index in [0.717, 1.165) is 24.8 Å². The van der Waals surface area contributed by atoms with Crippen LogP contribution in [0.25, 0.3) is 6.08 Å². The van der Waals surface area contributed by atoms with Crippen LogP contribution in [0.3, 0.4) is 0 Å². The average molecular weight is 467 g/mol. The summed E-state index contributed by atoms with van der Waals surface area (Å²) in [7, 11) is -3.77. The molecular weight excluding hydrogens is 444 g/mol. The highest BCUT2D eigenvalue weighted by molar-refractivity contribution is 7.92. The van der Waals surface area contributed by atoms with E-state index >= 15 is 0 Å². The van der Waals surface area contributed by atoms with Crippen LogP contribution in [0.15, 0.2) is 83.8 Å². The first-order chi connectivity index (χ1) is 15.4. The Balaban J connectivity index is 1.40. The maximum atomic E-state index is 12.6. The van der Waals surface area contributed by atoms with Crippen molar-refractivity contribution in [3.63, 3.8) is 0 Å². The van der Waals surface area contributed by atoms with E-state index in [9.17, 15) is 13.2 Å². The third-order valence-corrected chi connectivity index (χ3v) is 7.13. The van der Waals surface area contributed by atoms with Gasteiger partial charge in [0.2, 0.25) is 5.91 Å². The van der Waals surface area contributed by atoms with Crippen LogP contribution in [-0.4, -0.2) is 14.3 Å². The summed E-state index contributed by atoms with van der Waals surface area (Å²) in [5.41, 5.74) is 3.51. The maximum Gasteiger partial charge on any atom is 0.261 e. The minimum atomic E-state index is -3.77. The molecule has 0 aliphatic heterocycles. The first-order valence-corrected chi connectivity index (χ1v) is 12.2. The Morgan fingerprint density at radius 2 is 1.69 bits per heavy atom. The highest BCUT2D eigenvalue weighted by Gasteiger charge is 2.20. The minimum Gasteiger partial charge on any atom is -0.346 e. The van der Waals surface area contributed by atoms with Crippen LogP contribution in [-0.2, 0) is 21.2 Å². The lowest BCUT2D eigenvalue weighted by atomic mass is 9.88. The summed E-state index contributed by atoms with van der Waals surface area (Å²) in [5, 5.41) is 3.39. The second-order valence-electron chi connectivity index (χ2n) is 7.64. The molecule has 0 heterocycles. The van der Waals surface area contributed by atoms with Gasteiger partial charge in [-0.05, 0) is 66.3 Å². The van der Waals surface area contributed by atoms with Gasteiger partial charge in [0, 0.05) is 6.08 Å². The lowest BCUT2D eigenvalue weighted by molar-refractivity contribution is -0.117. The lowest BCUT2D eigenvalue weighted by Crippen LogP contribution is -2.29. The van der Waals surface area contributed by atoms with E-state index in [1.807, 2.05) is 12.1 Å². The van der Waals surface area contributed by atoms with Gasteiger partial charge in [-0.2, -0.15) is 0 Å². The molecule has 4 rings (SSSR count). The second kappa shape index (κ2) is 9.59. The normalized spacial score (nSPS) is 15.8. The number of para-hydroxylation sites is 1. The Labute approximate surface area is 193 Å². The predicted molar refractivity (Wildman–Crippen MR) is 128 cm³/mol. The van der Waals surface area contributed by atoms with E-state index in [1.54, 1.807) is 42.5 Å². The summed E-state index contributed by atoms with van der Waals surface area (Å²) in [6.07, 6.45) is 6.15. The molecular formula is C25H23ClN2O3S. The van der Waals surface area contributed by atoms with Crippen molar-refractivity contribution >= 4 is 39.3 Å². The zero-order valence-corrected chi connectivity index (χ0v) is 18.9. The number of rotatable bonds is 6. The average Bonchev–Trinajstić information content (AvgIpc) is 2.80. The molecule has 0 saturated carbocycles. The van der Waals surface area contributed by atoms with Crippen molar-refractivity contribution in [2.24, 2.45) is 0 Å². The highest BCUT2D eigenvalue weighted by atomic mass is 35.5. The van der Waals surface area contributed by atoms with Crippen molar-refractivity contribution in [2.75, 3.05) is 4.72 Å². The first kappa shape index (κ1) is 22.1. The lowest BCUT2D eigenvalue weighted by Gasteiger charge is -2.25. The van der Waals surface area contributed by atoms with Crippen LogP contribution in [0.2, 0.25) is 5.02 Å². The number of carbonyl (C=O) groups is 1. The van der Waals surface area contributed by atoms with E-state index < -0.39 is 10.0 Å². The van der Waals surface area contributed by atoms with E-state index in [1.165, 1.54) is 29.3 Å². The van der Waals surface area contributed by atoms with Crippen LogP contribution in [0, 0.1) is 0 Å². The van der Waals surface area contributed by atoms with Gasteiger partial charge in [-0.15, -0.1) is 0 Å². The minimum absolute atomic E-state index is 0.0144. The fourth-order valence-corrected chi connectivity index (χ4v) is 5.12. The summed E-state index contributed by atoms with van der Waals surface area (Å²) >= 11 is 6.04. The zero-order chi connectivity index (χ0) is 22.6. The van der Waals surface area contributed by atoms with Crippen LogP contribution in [0.1, 0.15) is 35.6 Å². The molecule has 0 aromatic heterocycles. The zero-order valence-electron chi connectivity index (χ0n) is 17.3. The summed E-state index contributed by atoms with van der Waals surface area (Å²) < 4.78 is 27.7. The molecule has 0 bridgehead atoms. The molecule has 0 saturated heterocycles. The smallest absolute Gasteiger partial charge is 0.261 e. The summed E-state index contributed by atoms with van der Waals surface area (Å²) in [6.45, 7) is 0. The number of benzene rings is 3. The summed E-state index contributed by atoms with van der Waals surface area (Å²) in [4.78, 5) is 12.5. The Kier molecular flexibility index (Phi) is 6.63. The van der Waals surface area contributed by atoms with Gasteiger partial charge in [0.1, 0.15) is 0 Å². The summed E-state index contributed by atoms with van der Waals surface area (Å²) in [6, 6.07) is 21.2. The Bertz CT molecular complexity index is 1250. The second-order valence-corrected chi connectivity index (χ2v) is 9.73. The quantitative estimate of drug-likeness (QED) is 0.481. The number of halogens is 1. The standard InChI is InChI=1S/C25H23ClN2O3S/c26-22-9-3-4-10-24(22)28-32(30,31)20-15-12-18(13-16-20)14-17-25(29)27-23-11-5-7-19-6-1-2-8-21(19)23/h1-4,6,8-10,12-17,23,28H,5,7,11H2,(H,27,29)/b17-14+/t23-/m1/s1. The fourth-order valence-electron chi connectivity index (χ4n) is 3.80. The first-order valence-electron chi connectivity index (χ1n) is 10.4. The molecule has 32 heavy (non-hydrogen) atoms. The van der Waals surface area contributed by atoms with Gasteiger partial charge < -0.3 is 5.32 Å².